The van der Waals surface area contributed by atoms with Gasteiger partial charge in [0.2, 0.25) is 11.8 Å². The van der Waals surface area contributed by atoms with Crippen LogP contribution in [0.25, 0.3) is 0 Å². The molecule has 9 heteroatoms. The van der Waals surface area contributed by atoms with E-state index in [0.717, 1.165) is 16.7 Å². The predicted octanol–water partition coefficient (Wildman–Crippen LogP) is 6.59. The van der Waals surface area contributed by atoms with Gasteiger partial charge in [0.1, 0.15) is 29.3 Å². The molecule has 2 rings (SSSR count). The zero-order valence-corrected chi connectivity index (χ0v) is 29.8. The zero-order valence-electron chi connectivity index (χ0n) is 29.8. The van der Waals surface area contributed by atoms with Crippen LogP contribution in [0.2, 0.25) is 0 Å². The maximum atomic E-state index is 14.6. The number of benzene rings is 2. The Kier molecular flexibility index (Phi) is 13.4. The van der Waals surface area contributed by atoms with Crippen molar-refractivity contribution >= 4 is 23.9 Å². The Morgan fingerprint density at radius 2 is 1.33 bits per heavy atom. The number of ether oxygens (including phenoxy) is 2. The Hall–Kier alpha value is -3.88. The fourth-order valence-corrected chi connectivity index (χ4v) is 5.28. The maximum Gasteiger partial charge on any atom is 0.408 e. The summed E-state index contributed by atoms with van der Waals surface area (Å²) < 4.78 is 11.2. The molecular formula is C37H55N3O6. The molecule has 2 N–H and O–H groups in total. The molecule has 0 aliphatic heterocycles. The van der Waals surface area contributed by atoms with Crippen molar-refractivity contribution in [3.05, 3.63) is 70.8 Å². The zero-order chi connectivity index (χ0) is 35.0. The second-order valence-electron chi connectivity index (χ2n) is 14.3. The van der Waals surface area contributed by atoms with Gasteiger partial charge < -0.3 is 25.0 Å². The van der Waals surface area contributed by atoms with Crippen molar-refractivity contribution in [1.29, 1.82) is 0 Å². The fourth-order valence-electron chi connectivity index (χ4n) is 5.28. The van der Waals surface area contributed by atoms with Crippen LogP contribution in [-0.2, 0) is 30.3 Å². The van der Waals surface area contributed by atoms with Crippen molar-refractivity contribution in [2.24, 2.45) is 5.92 Å². The van der Waals surface area contributed by atoms with Gasteiger partial charge in [-0.2, -0.15) is 0 Å². The van der Waals surface area contributed by atoms with E-state index in [1.807, 2.05) is 90.1 Å². The van der Waals surface area contributed by atoms with Crippen LogP contribution in [0.15, 0.2) is 48.5 Å². The van der Waals surface area contributed by atoms with Crippen LogP contribution >= 0.6 is 0 Å². The largest absolute Gasteiger partial charge is 0.458 e. The van der Waals surface area contributed by atoms with Crippen molar-refractivity contribution < 1.29 is 28.7 Å². The van der Waals surface area contributed by atoms with Gasteiger partial charge in [-0.1, -0.05) is 68.8 Å². The number of nitrogens with one attached hydrogen (secondary N) is 2. The number of nitrogens with zero attached hydrogens (tertiary/aromatic N) is 1. The lowest BCUT2D eigenvalue weighted by atomic mass is 9.91. The number of carbonyl (C=O) groups excluding carboxylic acids is 4. The Morgan fingerprint density at radius 1 is 0.783 bits per heavy atom. The third-order valence-electron chi connectivity index (χ3n) is 7.59. The number of amides is 3. The van der Waals surface area contributed by atoms with Gasteiger partial charge in [0, 0.05) is 12.5 Å². The molecule has 4 unspecified atom stereocenters. The minimum atomic E-state index is -1.11. The van der Waals surface area contributed by atoms with E-state index < -0.39 is 59.2 Å². The van der Waals surface area contributed by atoms with Crippen LogP contribution in [0.3, 0.4) is 0 Å². The number of hydrogen-bond donors (Lipinski definition) is 2. The summed E-state index contributed by atoms with van der Waals surface area (Å²) in [6, 6.07) is 11.5. The van der Waals surface area contributed by atoms with E-state index in [0.29, 0.717) is 12.0 Å². The van der Waals surface area contributed by atoms with E-state index in [2.05, 4.69) is 10.6 Å². The molecule has 0 saturated heterocycles. The second kappa shape index (κ2) is 16.1. The Balaban J connectivity index is 2.68. The average Bonchev–Trinajstić information content (AvgIpc) is 2.92. The summed E-state index contributed by atoms with van der Waals surface area (Å²) in [6.07, 6.45) is 0.0819. The van der Waals surface area contributed by atoms with E-state index in [1.54, 1.807) is 41.5 Å². The molecule has 0 radical (unpaired) electrons. The normalized spacial score (nSPS) is 14.5. The van der Waals surface area contributed by atoms with Crippen molar-refractivity contribution in [2.75, 3.05) is 0 Å². The van der Waals surface area contributed by atoms with Crippen molar-refractivity contribution in [1.82, 2.24) is 15.5 Å². The van der Waals surface area contributed by atoms with Crippen LogP contribution in [0.4, 0.5) is 4.79 Å². The minimum Gasteiger partial charge on any atom is -0.458 e. The van der Waals surface area contributed by atoms with Crippen molar-refractivity contribution in [3.8, 4) is 0 Å². The Labute approximate surface area is 275 Å². The van der Waals surface area contributed by atoms with E-state index in [4.69, 9.17) is 9.47 Å². The quantitative estimate of drug-likeness (QED) is 0.254. The summed E-state index contributed by atoms with van der Waals surface area (Å²) in [7, 11) is 0. The van der Waals surface area contributed by atoms with Crippen molar-refractivity contribution in [3.63, 3.8) is 0 Å². The first kappa shape index (κ1) is 38.3. The molecule has 0 bridgehead atoms. The van der Waals surface area contributed by atoms with Gasteiger partial charge >= 0.3 is 12.1 Å². The van der Waals surface area contributed by atoms with E-state index in [-0.39, 0.29) is 12.3 Å². The first-order chi connectivity index (χ1) is 21.3. The number of esters is 1. The first-order valence-electron chi connectivity index (χ1n) is 16.2. The molecule has 0 aromatic heterocycles. The summed E-state index contributed by atoms with van der Waals surface area (Å²) in [5.41, 5.74) is 1.59. The van der Waals surface area contributed by atoms with Crippen LogP contribution in [0, 0.1) is 19.8 Å². The molecule has 9 nitrogen and oxygen atoms in total. The monoisotopic (exact) mass is 637 g/mol. The van der Waals surface area contributed by atoms with Gasteiger partial charge in [-0.15, -0.1) is 0 Å². The fraction of sp³-hybridized carbons (Fsp3) is 0.568. The van der Waals surface area contributed by atoms with Crippen LogP contribution < -0.4 is 10.6 Å². The van der Waals surface area contributed by atoms with Gasteiger partial charge in [0.05, 0.1) is 0 Å². The highest BCUT2D eigenvalue weighted by molar-refractivity contribution is 5.94. The van der Waals surface area contributed by atoms with Crippen molar-refractivity contribution in [2.45, 2.75) is 131 Å². The number of rotatable bonds is 12. The van der Waals surface area contributed by atoms with Crippen LogP contribution in [-0.4, -0.2) is 58.1 Å². The minimum absolute atomic E-state index is 0.201. The predicted molar refractivity (Wildman–Crippen MR) is 181 cm³/mol. The van der Waals surface area contributed by atoms with E-state index >= 15 is 0 Å². The molecule has 0 heterocycles. The lowest BCUT2D eigenvalue weighted by molar-refractivity contribution is -0.159. The number of carbonyl (C=O) groups is 4. The lowest BCUT2D eigenvalue weighted by Gasteiger charge is -2.40. The molecule has 4 atom stereocenters. The standard InChI is InChI=1S/C37H55N3O6/c1-13-24(4)30(39-35(44)46-37(10,11)12)33(42)40(23(2)3)31(29-25(5)18-17-19-26(29)6)32(41)38-28(34(43)45-36(7,8)9)22-27-20-15-14-16-21-27/h14-21,23-24,28,30-31H,13,22H2,1-12H3,(H,38,41)(H,39,44). The topological polar surface area (TPSA) is 114 Å². The summed E-state index contributed by atoms with van der Waals surface area (Å²) in [5, 5.41) is 5.76. The van der Waals surface area contributed by atoms with E-state index in [1.165, 1.54) is 4.90 Å². The highest BCUT2D eigenvalue weighted by Crippen LogP contribution is 2.31. The number of alkyl carbamates (subject to hydrolysis) is 1. The molecular weight excluding hydrogens is 582 g/mol. The summed E-state index contributed by atoms with van der Waals surface area (Å²) in [4.78, 5) is 57.2. The number of hydrogen-bond acceptors (Lipinski definition) is 6. The molecule has 46 heavy (non-hydrogen) atoms. The molecule has 2 aromatic rings. The molecule has 0 aliphatic carbocycles. The first-order valence-corrected chi connectivity index (χ1v) is 16.2. The highest BCUT2D eigenvalue weighted by atomic mass is 16.6. The van der Waals surface area contributed by atoms with Crippen LogP contribution in [0.1, 0.15) is 104 Å². The molecule has 0 aliphatic rings. The summed E-state index contributed by atoms with van der Waals surface area (Å²) in [6.45, 7) is 21.9. The van der Waals surface area contributed by atoms with E-state index in [9.17, 15) is 19.2 Å². The highest BCUT2D eigenvalue weighted by Gasteiger charge is 2.41. The molecule has 0 spiro atoms. The Bertz CT molecular complexity index is 1320. The van der Waals surface area contributed by atoms with Gasteiger partial charge in [-0.3, -0.25) is 9.59 Å². The lowest BCUT2D eigenvalue weighted by Crippen LogP contribution is -2.58. The maximum absolute atomic E-state index is 14.6. The van der Waals surface area contributed by atoms with Gasteiger partial charge in [-0.25, -0.2) is 9.59 Å². The smallest absolute Gasteiger partial charge is 0.408 e. The molecule has 3 amide bonds. The van der Waals surface area contributed by atoms with Gasteiger partial charge in [0.25, 0.3) is 0 Å². The average molecular weight is 638 g/mol. The summed E-state index contributed by atoms with van der Waals surface area (Å²) in [5.74, 6) is -1.78. The van der Waals surface area contributed by atoms with Crippen LogP contribution in [0.5, 0.6) is 0 Å². The van der Waals surface area contributed by atoms with Gasteiger partial charge in [0.15, 0.2) is 0 Å². The van der Waals surface area contributed by atoms with Gasteiger partial charge in [-0.05, 0) is 97.4 Å². The molecule has 0 fully saturated rings. The Morgan fingerprint density at radius 3 is 1.80 bits per heavy atom. The number of aryl methyl sites for hydroxylation is 2. The molecule has 2 aromatic carbocycles. The summed E-state index contributed by atoms with van der Waals surface area (Å²) >= 11 is 0. The second-order valence-corrected chi connectivity index (χ2v) is 14.3. The molecule has 0 saturated carbocycles. The molecule has 254 valence electrons. The SMILES string of the molecule is CCC(C)C(NC(=O)OC(C)(C)C)C(=O)N(C(C)C)C(C(=O)NC(Cc1ccccc1)C(=O)OC(C)(C)C)c1c(C)cccc1C. The third-order valence-corrected chi connectivity index (χ3v) is 7.59. The third kappa shape index (κ3) is 11.2.